The van der Waals surface area contributed by atoms with Crippen LogP contribution in [0.4, 0.5) is 13.2 Å². The predicted molar refractivity (Wildman–Crippen MR) is 117 cm³/mol. The van der Waals surface area contributed by atoms with Crippen LogP contribution in [-0.4, -0.2) is 29.6 Å². The van der Waals surface area contributed by atoms with Crippen LogP contribution in [-0.2, 0) is 16.0 Å². The van der Waals surface area contributed by atoms with Crippen LogP contribution in [0.25, 0.3) is 26.7 Å². The largest absolute Gasteiger partial charge is 0.506 e. The van der Waals surface area contributed by atoms with Crippen molar-refractivity contribution in [2.45, 2.75) is 11.1 Å². The lowest BCUT2D eigenvalue weighted by Crippen LogP contribution is -2.07. The third-order valence-electron chi connectivity index (χ3n) is 4.57. The highest BCUT2D eigenvalue weighted by molar-refractivity contribution is 7.90. The van der Waals surface area contributed by atoms with E-state index in [1.165, 1.54) is 30.3 Å². The van der Waals surface area contributed by atoms with Gasteiger partial charge in [0.2, 0.25) is 0 Å². The Bertz CT molecular complexity index is 1430. The van der Waals surface area contributed by atoms with Gasteiger partial charge in [-0.2, -0.15) is 18.3 Å². The normalized spacial score (nSPS) is 12.3. The molecule has 32 heavy (non-hydrogen) atoms. The number of halogens is 4. The van der Waals surface area contributed by atoms with Gasteiger partial charge in [0, 0.05) is 16.2 Å². The fourth-order valence-corrected chi connectivity index (χ4v) is 4.89. The van der Waals surface area contributed by atoms with Crippen LogP contribution in [0.5, 0.6) is 5.75 Å². The van der Waals surface area contributed by atoms with E-state index in [0.29, 0.717) is 15.3 Å². The number of rotatable bonds is 4. The molecule has 0 spiro atoms. The summed E-state index contributed by atoms with van der Waals surface area (Å²) < 4.78 is 64.9. The summed E-state index contributed by atoms with van der Waals surface area (Å²) in [7, 11) is -3.42. The highest BCUT2D eigenvalue weighted by Gasteiger charge is 2.35. The maximum absolute atomic E-state index is 13.4. The fraction of sp³-hybridized carbons (Fsp3) is 0.0952. The van der Waals surface area contributed by atoms with E-state index in [4.69, 9.17) is 11.6 Å². The van der Waals surface area contributed by atoms with Gasteiger partial charge in [-0.05, 0) is 54.1 Å². The number of thiophene rings is 1. The van der Waals surface area contributed by atoms with E-state index in [0.717, 1.165) is 28.3 Å². The average molecular weight is 499 g/mol. The molecule has 166 valence electrons. The summed E-state index contributed by atoms with van der Waals surface area (Å²) in [5.74, 6) is -0.287. The Hall–Kier alpha value is -2.82. The van der Waals surface area contributed by atoms with Crippen molar-refractivity contribution in [2.24, 2.45) is 0 Å². The molecule has 0 fully saturated rings. The van der Waals surface area contributed by atoms with E-state index < -0.39 is 21.7 Å². The van der Waals surface area contributed by atoms with Crippen LogP contribution in [0.1, 0.15) is 5.69 Å². The first-order valence-corrected chi connectivity index (χ1v) is 12.1. The van der Waals surface area contributed by atoms with Crippen molar-refractivity contribution in [3.05, 3.63) is 71.4 Å². The second-order valence-electron chi connectivity index (χ2n) is 6.92. The average Bonchev–Trinajstić information content (AvgIpc) is 3.36. The van der Waals surface area contributed by atoms with Crippen LogP contribution in [0.2, 0.25) is 5.02 Å². The highest BCUT2D eigenvalue weighted by Crippen LogP contribution is 2.40. The van der Waals surface area contributed by atoms with E-state index in [-0.39, 0.29) is 27.0 Å². The van der Waals surface area contributed by atoms with Crippen LogP contribution < -0.4 is 0 Å². The molecule has 0 aliphatic heterocycles. The number of sulfone groups is 1. The molecule has 0 unspecified atom stereocenters. The van der Waals surface area contributed by atoms with Crippen LogP contribution >= 0.6 is 22.9 Å². The topological polar surface area (TPSA) is 72.2 Å². The van der Waals surface area contributed by atoms with Crippen molar-refractivity contribution in [2.75, 3.05) is 6.26 Å². The van der Waals surface area contributed by atoms with Gasteiger partial charge in [0.1, 0.15) is 11.4 Å². The number of aromatic nitrogens is 2. The second kappa shape index (κ2) is 7.95. The minimum atomic E-state index is -4.70. The summed E-state index contributed by atoms with van der Waals surface area (Å²) in [5, 5.41) is 14.1. The minimum absolute atomic E-state index is 0.00276. The third kappa shape index (κ3) is 4.38. The Morgan fingerprint density at radius 3 is 2.44 bits per heavy atom. The quantitative estimate of drug-likeness (QED) is 0.372. The van der Waals surface area contributed by atoms with Gasteiger partial charge in [-0.25, -0.2) is 13.1 Å². The third-order valence-corrected chi connectivity index (χ3v) is 7.07. The van der Waals surface area contributed by atoms with Gasteiger partial charge >= 0.3 is 6.18 Å². The molecule has 0 aliphatic carbocycles. The van der Waals surface area contributed by atoms with Crippen LogP contribution in [0.15, 0.2) is 65.6 Å². The summed E-state index contributed by atoms with van der Waals surface area (Å²) in [6.45, 7) is 0. The first-order valence-electron chi connectivity index (χ1n) is 9.00. The lowest BCUT2D eigenvalue weighted by atomic mass is 10.2. The molecule has 4 aromatic rings. The van der Waals surface area contributed by atoms with Gasteiger partial charge in [0.25, 0.3) is 0 Å². The monoisotopic (exact) mass is 498 g/mol. The van der Waals surface area contributed by atoms with E-state index >= 15 is 0 Å². The molecular formula is C21H14ClF3N2O3S2. The smallest absolute Gasteiger partial charge is 0.435 e. The lowest BCUT2D eigenvalue weighted by molar-refractivity contribution is -0.141. The molecule has 2 aromatic carbocycles. The molecule has 2 heterocycles. The first kappa shape index (κ1) is 22.4. The van der Waals surface area contributed by atoms with E-state index in [9.17, 15) is 26.7 Å². The zero-order valence-corrected chi connectivity index (χ0v) is 18.6. The van der Waals surface area contributed by atoms with Gasteiger partial charge in [-0.3, -0.25) is 0 Å². The molecule has 11 heteroatoms. The van der Waals surface area contributed by atoms with Crippen molar-refractivity contribution in [1.82, 2.24) is 9.78 Å². The van der Waals surface area contributed by atoms with Crippen molar-refractivity contribution in [1.29, 1.82) is 0 Å². The number of nitrogens with zero attached hydrogens (tertiary/aromatic N) is 2. The lowest BCUT2D eigenvalue weighted by Gasteiger charge is -2.09. The number of hydrogen-bond donors (Lipinski definition) is 1. The molecule has 0 aliphatic rings. The molecule has 0 amide bonds. The van der Waals surface area contributed by atoms with E-state index in [1.54, 1.807) is 24.3 Å². The zero-order chi connectivity index (χ0) is 23.3. The number of hydrogen-bond acceptors (Lipinski definition) is 5. The van der Waals surface area contributed by atoms with Gasteiger partial charge in [-0.1, -0.05) is 23.7 Å². The number of phenols is 1. The molecule has 5 nitrogen and oxygen atoms in total. The number of phenolic OH excluding ortho intramolecular Hbond substituents is 1. The standard InChI is InChI=1S/C21H14ClF3N2O3S2/c1-32(29,30)14-4-2-3-12(9-14)18-7-8-19(31-18)16-11-20(21(23,24)25)26-27(16)15-10-13(22)5-6-17(15)28/h2-11,28H,1H3. The summed E-state index contributed by atoms with van der Waals surface area (Å²) in [5.41, 5.74) is -0.416. The van der Waals surface area contributed by atoms with Crippen molar-refractivity contribution >= 4 is 32.8 Å². The molecule has 0 saturated carbocycles. The second-order valence-corrected chi connectivity index (χ2v) is 10.5. The van der Waals surface area contributed by atoms with Gasteiger partial charge in [0.15, 0.2) is 15.5 Å². The van der Waals surface area contributed by atoms with Crippen molar-refractivity contribution < 1.29 is 26.7 Å². The molecular weight excluding hydrogens is 485 g/mol. The fourth-order valence-electron chi connectivity index (χ4n) is 3.06. The molecule has 4 rings (SSSR count). The van der Waals surface area contributed by atoms with E-state index in [1.807, 2.05) is 0 Å². The molecule has 2 aromatic heterocycles. The number of benzene rings is 2. The Kier molecular flexibility index (Phi) is 5.56. The maximum Gasteiger partial charge on any atom is 0.435 e. The molecule has 0 atom stereocenters. The summed E-state index contributed by atoms with van der Waals surface area (Å²) in [6, 6.07) is 14.5. The van der Waals surface area contributed by atoms with Gasteiger partial charge in [0.05, 0.1) is 15.5 Å². The van der Waals surface area contributed by atoms with E-state index in [2.05, 4.69) is 5.10 Å². The van der Waals surface area contributed by atoms with Crippen molar-refractivity contribution in [3.8, 4) is 32.4 Å². The SMILES string of the molecule is CS(=O)(=O)c1cccc(-c2ccc(-c3cc(C(F)(F)F)nn3-c3cc(Cl)ccc3O)s2)c1. The maximum atomic E-state index is 13.4. The molecule has 0 bridgehead atoms. The summed E-state index contributed by atoms with van der Waals surface area (Å²) >= 11 is 7.14. The Balaban J connectivity index is 1.86. The highest BCUT2D eigenvalue weighted by atomic mass is 35.5. The Morgan fingerprint density at radius 1 is 1.03 bits per heavy atom. The molecule has 1 N–H and O–H groups in total. The first-order chi connectivity index (χ1) is 14.9. The van der Waals surface area contributed by atoms with Gasteiger partial charge < -0.3 is 5.11 Å². The van der Waals surface area contributed by atoms with Crippen molar-refractivity contribution in [3.63, 3.8) is 0 Å². The Morgan fingerprint density at radius 2 is 1.75 bits per heavy atom. The predicted octanol–water partition coefficient (Wildman–Crippen LogP) is 6.05. The minimum Gasteiger partial charge on any atom is -0.506 e. The van der Waals surface area contributed by atoms with Gasteiger partial charge in [-0.15, -0.1) is 11.3 Å². The zero-order valence-electron chi connectivity index (χ0n) is 16.3. The summed E-state index contributed by atoms with van der Waals surface area (Å²) in [4.78, 5) is 1.23. The number of aromatic hydroxyl groups is 1. The molecule has 0 saturated heterocycles. The van der Waals surface area contributed by atoms with Crippen LogP contribution in [0, 0.1) is 0 Å². The Labute approximate surface area is 190 Å². The number of alkyl halides is 3. The summed E-state index contributed by atoms with van der Waals surface area (Å²) in [6.07, 6.45) is -3.60. The van der Waals surface area contributed by atoms with Crippen LogP contribution in [0.3, 0.4) is 0 Å². The molecule has 0 radical (unpaired) electrons.